The van der Waals surface area contributed by atoms with Crippen molar-refractivity contribution in [2.75, 3.05) is 6.54 Å². The minimum absolute atomic E-state index is 0.0253. The Labute approximate surface area is 112 Å². The lowest BCUT2D eigenvalue weighted by Gasteiger charge is -2.17. The van der Waals surface area contributed by atoms with Gasteiger partial charge in [0.1, 0.15) is 0 Å². The van der Waals surface area contributed by atoms with E-state index in [1.165, 1.54) is 11.3 Å². The van der Waals surface area contributed by atoms with Crippen LogP contribution in [0, 0.1) is 5.92 Å². The molecule has 2 amide bonds. The van der Waals surface area contributed by atoms with E-state index in [9.17, 15) is 9.59 Å². The molecule has 0 saturated heterocycles. The summed E-state index contributed by atoms with van der Waals surface area (Å²) in [5, 5.41) is 7.48. The van der Waals surface area contributed by atoms with Crippen LogP contribution in [0.5, 0.6) is 0 Å². The van der Waals surface area contributed by atoms with E-state index in [1.807, 2.05) is 18.4 Å². The average molecular weight is 268 g/mol. The van der Waals surface area contributed by atoms with Crippen LogP contribution in [-0.4, -0.2) is 24.4 Å². The van der Waals surface area contributed by atoms with E-state index in [-0.39, 0.29) is 17.9 Å². The molecule has 18 heavy (non-hydrogen) atoms. The Hall–Kier alpha value is -1.36. The van der Waals surface area contributed by atoms with Gasteiger partial charge in [-0.1, -0.05) is 19.9 Å². The number of hydrogen-bond acceptors (Lipinski definition) is 3. The molecule has 0 bridgehead atoms. The third kappa shape index (κ3) is 4.87. The first kappa shape index (κ1) is 14.7. The van der Waals surface area contributed by atoms with Gasteiger partial charge in [0, 0.05) is 19.0 Å². The van der Waals surface area contributed by atoms with Crippen LogP contribution in [0.25, 0.3) is 0 Å². The van der Waals surface area contributed by atoms with Gasteiger partial charge in [-0.2, -0.15) is 0 Å². The van der Waals surface area contributed by atoms with Gasteiger partial charge < -0.3 is 10.6 Å². The zero-order valence-corrected chi connectivity index (χ0v) is 11.8. The average Bonchev–Trinajstić information content (AvgIpc) is 2.81. The second kappa shape index (κ2) is 7.16. The first-order chi connectivity index (χ1) is 8.50. The van der Waals surface area contributed by atoms with Crippen LogP contribution in [0.2, 0.25) is 0 Å². The quantitative estimate of drug-likeness (QED) is 0.829. The van der Waals surface area contributed by atoms with Gasteiger partial charge in [0.15, 0.2) is 0 Å². The summed E-state index contributed by atoms with van der Waals surface area (Å²) in [6.45, 7) is 6.47. The highest BCUT2D eigenvalue weighted by atomic mass is 32.1. The van der Waals surface area contributed by atoms with Gasteiger partial charge >= 0.3 is 0 Å². The van der Waals surface area contributed by atoms with Crippen LogP contribution in [0.3, 0.4) is 0 Å². The van der Waals surface area contributed by atoms with Crippen molar-refractivity contribution in [2.24, 2.45) is 5.92 Å². The van der Waals surface area contributed by atoms with Gasteiger partial charge in [0.05, 0.1) is 4.88 Å². The zero-order valence-electron chi connectivity index (χ0n) is 11.0. The number of amides is 2. The van der Waals surface area contributed by atoms with Crippen LogP contribution < -0.4 is 10.6 Å². The molecule has 100 valence electrons. The lowest BCUT2D eigenvalue weighted by atomic mass is 10.1. The first-order valence-corrected chi connectivity index (χ1v) is 6.99. The third-order valence-corrected chi connectivity index (χ3v) is 3.64. The summed E-state index contributed by atoms with van der Waals surface area (Å²) >= 11 is 1.39. The van der Waals surface area contributed by atoms with E-state index in [1.54, 1.807) is 6.07 Å². The topological polar surface area (TPSA) is 58.2 Å². The number of hydrogen-bond donors (Lipinski definition) is 2. The van der Waals surface area contributed by atoms with Crippen molar-refractivity contribution in [1.29, 1.82) is 0 Å². The van der Waals surface area contributed by atoms with E-state index in [4.69, 9.17) is 0 Å². The Bertz CT molecular complexity index is 388. The van der Waals surface area contributed by atoms with Gasteiger partial charge in [-0.25, -0.2) is 0 Å². The Morgan fingerprint density at radius 3 is 2.61 bits per heavy atom. The van der Waals surface area contributed by atoms with Crippen LogP contribution in [0.15, 0.2) is 17.5 Å². The highest BCUT2D eigenvalue weighted by molar-refractivity contribution is 7.12. The number of nitrogens with one attached hydrogen (secondary N) is 2. The van der Waals surface area contributed by atoms with Crippen LogP contribution in [0.4, 0.5) is 0 Å². The van der Waals surface area contributed by atoms with Crippen molar-refractivity contribution >= 4 is 23.2 Å². The predicted molar refractivity (Wildman–Crippen MR) is 73.7 cm³/mol. The standard InChI is InChI=1S/C13H20N2O2S/c1-9(2)10(3)15-12(16)6-7-14-13(17)11-5-4-8-18-11/h4-5,8-10H,6-7H2,1-3H3,(H,14,17)(H,15,16). The molecule has 0 aromatic carbocycles. The molecule has 0 aliphatic carbocycles. The van der Waals surface area contributed by atoms with E-state index in [0.717, 1.165) is 0 Å². The second-order valence-electron chi connectivity index (χ2n) is 4.58. The van der Waals surface area contributed by atoms with Crippen molar-refractivity contribution in [1.82, 2.24) is 10.6 Å². The fourth-order valence-electron chi connectivity index (χ4n) is 1.28. The summed E-state index contributed by atoms with van der Waals surface area (Å²) in [4.78, 5) is 23.8. The molecule has 1 rings (SSSR count). The molecular formula is C13H20N2O2S. The highest BCUT2D eigenvalue weighted by Crippen LogP contribution is 2.07. The maximum absolute atomic E-state index is 11.6. The van der Waals surface area contributed by atoms with Crippen LogP contribution >= 0.6 is 11.3 Å². The lowest BCUT2D eigenvalue weighted by molar-refractivity contribution is -0.121. The van der Waals surface area contributed by atoms with Gasteiger partial charge in [-0.15, -0.1) is 11.3 Å². The van der Waals surface area contributed by atoms with Crippen LogP contribution in [0.1, 0.15) is 36.9 Å². The van der Waals surface area contributed by atoms with Gasteiger partial charge in [0.2, 0.25) is 5.91 Å². The summed E-state index contributed by atoms with van der Waals surface area (Å²) in [5.41, 5.74) is 0. The zero-order chi connectivity index (χ0) is 13.5. The molecule has 1 heterocycles. The van der Waals surface area contributed by atoms with Crippen molar-refractivity contribution in [3.05, 3.63) is 22.4 Å². The fourth-order valence-corrected chi connectivity index (χ4v) is 1.92. The minimum atomic E-state index is -0.116. The molecule has 1 unspecified atom stereocenters. The van der Waals surface area contributed by atoms with Crippen molar-refractivity contribution in [2.45, 2.75) is 33.2 Å². The molecule has 1 aromatic heterocycles. The molecule has 2 N–H and O–H groups in total. The largest absolute Gasteiger partial charge is 0.353 e. The smallest absolute Gasteiger partial charge is 0.261 e. The summed E-state index contributed by atoms with van der Waals surface area (Å²) in [5.74, 6) is 0.270. The first-order valence-electron chi connectivity index (χ1n) is 6.11. The molecule has 0 spiro atoms. The SMILES string of the molecule is CC(C)C(C)NC(=O)CCNC(=O)c1cccs1. The summed E-state index contributed by atoms with van der Waals surface area (Å²) in [6.07, 6.45) is 0.314. The van der Waals surface area contributed by atoms with E-state index in [0.29, 0.717) is 23.8 Å². The van der Waals surface area contributed by atoms with Crippen molar-refractivity contribution in [3.63, 3.8) is 0 Å². The summed E-state index contributed by atoms with van der Waals surface area (Å²) in [6, 6.07) is 3.75. The van der Waals surface area contributed by atoms with E-state index in [2.05, 4.69) is 24.5 Å². The van der Waals surface area contributed by atoms with E-state index >= 15 is 0 Å². The summed E-state index contributed by atoms with van der Waals surface area (Å²) < 4.78 is 0. The highest BCUT2D eigenvalue weighted by Gasteiger charge is 2.11. The maximum atomic E-state index is 11.6. The monoisotopic (exact) mass is 268 g/mol. The molecule has 4 nitrogen and oxygen atoms in total. The molecule has 0 radical (unpaired) electrons. The van der Waals surface area contributed by atoms with Crippen molar-refractivity contribution in [3.8, 4) is 0 Å². The second-order valence-corrected chi connectivity index (χ2v) is 5.53. The van der Waals surface area contributed by atoms with Gasteiger partial charge in [-0.05, 0) is 24.3 Å². The lowest BCUT2D eigenvalue weighted by Crippen LogP contribution is -2.38. The fraction of sp³-hybridized carbons (Fsp3) is 0.538. The summed E-state index contributed by atoms with van der Waals surface area (Å²) in [7, 11) is 0. The Kier molecular flexibility index (Phi) is 5.85. The molecule has 0 fully saturated rings. The van der Waals surface area contributed by atoms with Gasteiger partial charge in [-0.3, -0.25) is 9.59 Å². The Morgan fingerprint density at radius 2 is 2.06 bits per heavy atom. The number of carbonyl (C=O) groups is 2. The molecule has 5 heteroatoms. The van der Waals surface area contributed by atoms with Crippen molar-refractivity contribution < 1.29 is 9.59 Å². The minimum Gasteiger partial charge on any atom is -0.353 e. The predicted octanol–water partition coefficient (Wildman–Crippen LogP) is 2.03. The normalized spacial score (nSPS) is 12.2. The number of thiophene rings is 1. The molecule has 0 aliphatic heterocycles. The maximum Gasteiger partial charge on any atom is 0.261 e. The number of carbonyl (C=O) groups excluding carboxylic acids is 2. The van der Waals surface area contributed by atoms with Gasteiger partial charge in [0.25, 0.3) is 5.91 Å². The van der Waals surface area contributed by atoms with E-state index < -0.39 is 0 Å². The number of rotatable bonds is 6. The molecule has 1 atom stereocenters. The Morgan fingerprint density at radius 1 is 1.33 bits per heavy atom. The van der Waals surface area contributed by atoms with Crippen LogP contribution in [-0.2, 0) is 4.79 Å². The third-order valence-electron chi connectivity index (χ3n) is 2.77. The molecular weight excluding hydrogens is 248 g/mol. The Balaban J connectivity index is 2.22. The molecule has 0 saturated carbocycles. The molecule has 1 aromatic rings. The molecule has 0 aliphatic rings.